The number of carbonyl (C=O) groups is 1. The first-order valence-electron chi connectivity index (χ1n) is 14.7. The average molecular weight is 576 g/mol. The number of carbonyl (C=O) groups excluding carboxylic acids is 1. The number of nitrogens with zero attached hydrogens (tertiary/aromatic N) is 3. The Morgan fingerprint density at radius 2 is 1.28 bits per heavy atom. The molecule has 1 aromatic heterocycles. The van der Waals surface area contributed by atoms with Gasteiger partial charge >= 0.3 is 6.03 Å². The number of aliphatic hydroxyl groups is 2. The van der Waals surface area contributed by atoms with Crippen LogP contribution in [0.2, 0.25) is 0 Å². The predicted molar refractivity (Wildman–Crippen MR) is 168 cm³/mol. The van der Waals surface area contributed by atoms with E-state index in [9.17, 15) is 15.0 Å². The van der Waals surface area contributed by atoms with Crippen LogP contribution in [0.25, 0.3) is 10.9 Å². The van der Waals surface area contributed by atoms with Crippen LogP contribution >= 0.6 is 0 Å². The minimum Gasteiger partial charge on any atom is -0.388 e. The molecule has 0 aliphatic carbocycles. The van der Waals surface area contributed by atoms with Gasteiger partial charge in [0.25, 0.3) is 0 Å². The largest absolute Gasteiger partial charge is 0.388 e. The maximum Gasteiger partial charge on any atom is 0.321 e. The minimum absolute atomic E-state index is 0.223. The van der Waals surface area contributed by atoms with Gasteiger partial charge in [-0.2, -0.15) is 5.10 Å². The molecule has 2 amide bonds. The number of hydrogen-bond donors (Lipinski definition) is 4. The summed E-state index contributed by atoms with van der Waals surface area (Å²) in [7, 11) is 1.86. The van der Waals surface area contributed by atoms with Crippen molar-refractivity contribution in [3.05, 3.63) is 132 Å². The van der Waals surface area contributed by atoms with Crippen molar-refractivity contribution >= 4 is 22.6 Å². The van der Waals surface area contributed by atoms with Crippen molar-refractivity contribution in [3.63, 3.8) is 0 Å². The molecule has 4 aromatic carbocycles. The number of aliphatic hydroxyl groups excluding tert-OH is 2. The summed E-state index contributed by atoms with van der Waals surface area (Å²) in [5, 5.41) is 35.0. The summed E-state index contributed by atoms with van der Waals surface area (Å²) >= 11 is 0. The highest BCUT2D eigenvalue weighted by atomic mass is 16.3. The van der Waals surface area contributed by atoms with Gasteiger partial charge in [-0.05, 0) is 59.4 Å². The Labute approximate surface area is 251 Å². The monoisotopic (exact) mass is 575 g/mol. The summed E-state index contributed by atoms with van der Waals surface area (Å²) in [5.41, 5.74) is 5.67. The van der Waals surface area contributed by atoms with Crippen LogP contribution in [0.15, 0.2) is 109 Å². The number of urea groups is 1. The quantitative estimate of drug-likeness (QED) is 0.198. The van der Waals surface area contributed by atoms with Crippen molar-refractivity contribution in [3.8, 4) is 0 Å². The van der Waals surface area contributed by atoms with Crippen molar-refractivity contribution in [1.82, 2.24) is 20.0 Å². The molecule has 8 heteroatoms. The van der Waals surface area contributed by atoms with E-state index < -0.39 is 24.3 Å². The van der Waals surface area contributed by atoms with Gasteiger partial charge in [-0.3, -0.25) is 5.10 Å². The molecule has 8 nitrogen and oxygen atoms in total. The number of benzene rings is 4. The zero-order valence-corrected chi connectivity index (χ0v) is 24.2. The molecule has 4 N–H and O–H groups in total. The lowest BCUT2D eigenvalue weighted by Gasteiger charge is -2.36. The Morgan fingerprint density at radius 3 is 1.86 bits per heavy atom. The third-order valence-electron chi connectivity index (χ3n) is 8.43. The molecule has 0 radical (unpaired) electrons. The number of fused-ring (bicyclic) bond motifs is 1. The van der Waals surface area contributed by atoms with Crippen molar-refractivity contribution in [1.29, 1.82) is 0 Å². The highest BCUT2D eigenvalue weighted by molar-refractivity contribution is 5.79. The van der Waals surface area contributed by atoms with Crippen LogP contribution in [0.1, 0.15) is 22.3 Å². The number of nitrogens with one attached hydrogen (secondary N) is 2. The highest BCUT2D eigenvalue weighted by Gasteiger charge is 2.46. The van der Waals surface area contributed by atoms with Crippen LogP contribution in [0.3, 0.4) is 0 Å². The third-order valence-corrected chi connectivity index (χ3v) is 8.43. The second kappa shape index (κ2) is 12.7. The molecule has 43 heavy (non-hydrogen) atoms. The first-order valence-corrected chi connectivity index (χ1v) is 14.7. The van der Waals surface area contributed by atoms with Crippen LogP contribution in [0.4, 0.5) is 10.5 Å². The average Bonchev–Trinajstić information content (AvgIpc) is 3.50. The second-order valence-corrected chi connectivity index (χ2v) is 11.3. The summed E-state index contributed by atoms with van der Waals surface area (Å²) in [6.45, 7) is 0.553. The van der Waals surface area contributed by atoms with E-state index >= 15 is 0 Å². The molecule has 2 heterocycles. The molecular formula is C35H37N5O3. The molecule has 220 valence electrons. The molecule has 0 bridgehead atoms. The van der Waals surface area contributed by atoms with E-state index in [0.717, 1.165) is 38.8 Å². The standard InChI is InChI=1S/C35H37N5O3/c1-36-29-14-8-13-26(18-29)22-39-31(19-24-9-4-2-5-10-24)33(41)34(42)32(20-25-11-6-3-7-12-25)40(35(39)43)23-27-15-16-30-28(17-27)21-37-38-30/h2-18,21,31-34,36,41-42H,19-20,22-23H2,1H3,(H,37,38)/t31-,32-,33+,34+/m1/s1. The fourth-order valence-electron chi connectivity index (χ4n) is 6.12. The Hall–Kier alpha value is -4.66. The van der Waals surface area contributed by atoms with E-state index in [4.69, 9.17) is 0 Å². The minimum atomic E-state index is -1.18. The summed E-state index contributed by atoms with van der Waals surface area (Å²) in [5.74, 6) is 0. The number of amides is 2. The smallest absolute Gasteiger partial charge is 0.321 e. The lowest BCUT2D eigenvalue weighted by atomic mass is 9.91. The number of anilines is 1. The summed E-state index contributed by atoms with van der Waals surface area (Å²) in [6, 6.07) is 32.0. The first kappa shape index (κ1) is 28.5. The Kier molecular flexibility index (Phi) is 8.40. The molecule has 1 fully saturated rings. The van der Waals surface area contributed by atoms with Gasteiger partial charge in [0.1, 0.15) is 12.2 Å². The lowest BCUT2D eigenvalue weighted by molar-refractivity contribution is -0.0408. The van der Waals surface area contributed by atoms with Gasteiger partial charge < -0.3 is 25.3 Å². The second-order valence-electron chi connectivity index (χ2n) is 11.3. The zero-order valence-electron chi connectivity index (χ0n) is 24.2. The molecule has 6 rings (SSSR count). The third kappa shape index (κ3) is 6.26. The molecule has 0 spiro atoms. The normalized spacial score (nSPS) is 20.8. The van der Waals surface area contributed by atoms with Crippen molar-refractivity contribution < 1.29 is 15.0 Å². The van der Waals surface area contributed by atoms with E-state index in [-0.39, 0.29) is 19.1 Å². The summed E-state index contributed by atoms with van der Waals surface area (Å²) in [4.78, 5) is 18.3. The van der Waals surface area contributed by atoms with E-state index in [1.807, 2.05) is 110 Å². The molecule has 4 atom stereocenters. The van der Waals surface area contributed by atoms with E-state index in [1.165, 1.54) is 0 Å². The summed E-state index contributed by atoms with van der Waals surface area (Å²) < 4.78 is 0. The molecule has 1 saturated heterocycles. The zero-order chi connectivity index (χ0) is 29.8. The van der Waals surface area contributed by atoms with Gasteiger partial charge in [0, 0.05) is 31.2 Å². The van der Waals surface area contributed by atoms with Crippen molar-refractivity contribution in [2.24, 2.45) is 0 Å². The maximum absolute atomic E-state index is 14.8. The molecule has 5 aromatic rings. The molecule has 0 saturated carbocycles. The number of H-pyrrole nitrogens is 1. The van der Waals surface area contributed by atoms with Crippen LogP contribution in [-0.4, -0.2) is 67.6 Å². The van der Waals surface area contributed by atoms with E-state index in [2.05, 4.69) is 15.5 Å². The Morgan fingerprint density at radius 1 is 0.721 bits per heavy atom. The van der Waals surface area contributed by atoms with Crippen LogP contribution < -0.4 is 5.32 Å². The van der Waals surface area contributed by atoms with Gasteiger partial charge in [-0.1, -0.05) is 78.9 Å². The van der Waals surface area contributed by atoms with Crippen molar-refractivity contribution in [2.45, 2.75) is 50.2 Å². The molecule has 0 unspecified atom stereocenters. The Balaban J connectivity index is 1.43. The lowest BCUT2D eigenvalue weighted by Crippen LogP contribution is -2.50. The Bertz CT molecular complexity index is 1660. The fourth-order valence-corrected chi connectivity index (χ4v) is 6.12. The van der Waals surface area contributed by atoms with Gasteiger partial charge in [0.2, 0.25) is 0 Å². The van der Waals surface area contributed by atoms with Gasteiger partial charge in [0.05, 0.1) is 23.8 Å². The maximum atomic E-state index is 14.8. The molecule has 1 aliphatic rings. The number of rotatable bonds is 9. The first-order chi connectivity index (χ1) is 21.0. The number of hydrogen-bond acceptors (Lipinski definition) is 5. The predicted octanol–water partition coefficient (Wildman–Crippen LogP) is 4.99. The molecular weight excluding hydrogens is 538 g/mol. The topological polar surface area (TPSA) is 105 Å². The van der Waals surface area contributed by atoms with E-state index in [0.29, 0.717) is 12.8 Å². The SMILES string of the molecule is CNc1cccc(CN2C(=O)N(Cc3ccc4[nH]ncc4c3)[C@H](Cc3ccccc3)[C@H](O)[C@@H](O)[C@H]2Cc2ccccc2)c1. The van der Waals surface area contributed by atoms with E-state index in [1.54, 1.807) is 16.0 Å². The van der Waals surface area contributed by atoms with Crippen molar-refractivity contribution in [2.75, 3.05) is 12.4 Å². The molecule has 1 aliphatic heterocycles. The highest BCUT2D eigenvalue weighted by Crippen LogP contribution is 2.30. The number of aromatic amines is 1. The summed E-state index contributed by atoms with van der Waals surface area (Å²) in [6.07, 6.45) is 0.222. The number of aromatic nitrogens is 2. The van der Waals surface area contributed by atoms with Crippen LogP contribution in [0, 0.1) is 0 Å². The van der Waals surface area contributed by atoms with Gasteiger partial charge in [-0.25, -0.2) is 4.79 Å². The fraction of sp³-hybridized carbons (Fsp3) is 0.257. The van der Waals surface area contributed by atoms with Gasteiger partial charge in [-0.15, -0.1) is 0 Å². The van der Waals surface area contributed by atoms with Crippen LogP contribution in [0.5, 0.6) is 0 Å². The van der Waals surface area contributed by atoms with Crippen LogP contribution in [-0.2, 0) is 25.9 Å². The van der Waals surface area contributed by atoms with Gasteiger partial charge in [0.15, 0.2) is 0 Å².